The number of hydrogen-bond donors (Lipinski definition) is 1. The van der Waals surface area contributed by atoms with E-state index in [9.17, 15) is 9.50 Å². The van der Waals surface area contributed by atoms with Crippen molar-refractivity contribution in [2.24, 2.45) is 5.92 Å². The molecule has 3 aromatic rings. The van der Waals surface area contributed by atoms with Gasteiger partial charge in [0.1, 0.15) is 5.82 Å². The highest BCUT2D eigenvalue weighted by atomic mass is 32.1. The molecule has 0 saturated heterocycles. The maximum absolute atomic E-state index is 13.2. The number of rotatable bonds is 3. The molecule has 0 spiro atoms. The molecule has 0 bridgehead atoms. The second kappa shape index (κ2) is 4.93. The van der Waals surface area contributed by atoms with E-state index in [4.69, 9.17) is 0 Å². The number of aliphatic hydroxyl groups excluding tert-OH is 1. The average Bonchev–Trinajstić information content (AvgIpc) is 3.20. The Morgan fingerprint density at radius 1 is 1.10 bits per heavy atom. The van der Waals surface area contributed by atoms with E-state index in [-0.39, 0.29) is 11.7 Å². The molecule has 0 radical (unpaired) electrons. The van der Waals surface area contributed by atoms with Gasteiger partial charge in [-0.25, -0.2) is 4.39 Å². The van der Waals surface area contributed by atoms with E-state index in [1.807, 2.05) is 24.3 Å². The molecule has 1 N–H and O–H groups in total. The summed E-state index contributed by atoms with van der Waals surface area (Å²) in [6.07, 6.45) is 0.573. The lowest BCUT2D eigenvalue weighted by Crippen LogP contribution is -1.98. The molecule has 3 unspecified atom stereocenters. The van der Waals surface area contributed by atoms with Crippen molar-refractivity contribution in [1.82, 2.24) is 0 Å². The first-order chi connectivity index (χ1) is 10.2. The van der Waals surface area contributed by atoms with E-state index in [0.29, 0.717) is 5.92 Å². The quantitative estimate of drug-likeness (QED) is 0.731. The smallest absolute Gasteiger partial charge is 0.123 e. The van der Waals surface area contributed by atoms with Gasteiger partial charge in [-0.2, -0.15) is 0 Å². The molecule has 1 aliphatic carbocycles. The van der Waals surface area contributed by atoms with Crippen molar-refractivity contribution in [3.63, 3.8) is 0 Å². The van der Waals surface area contributed by atoms with Crippen LogP contribution in [-0.2, 0) is 0 Å². The highest BCUT2D eigenvalue weighted by Crippen LogP contribution is 2.55. The third kappa shape index (κ3) is 2.37. The predicted octanol–water partition coefficient (Wildman–Crippen LogP) is 4.88. The van der Waals surface area contributed by atoms with Crippen molar-refractivity contribution < 1.29 is 9.50 Å². The first kappa shape index (κ1) is 13.0. The lowest BCUT2D eigenvalue weighted by Gasteiger charge is -2.07. The van der Waals surface area contributed by atoms with Crippen LogP contribution in [0, 0.1) is 11.7 Å². The summed E-state index contributed by atoms with van der Waals surface area (Å²) < 4.78 is 14.3. The van der Waals surface area contributed by atoms with E-state index in [0.717, 1.165) is 21.4 Å². The average molecular weight is 298 g/mol. The summed E-state index contributed by atoms with van der Waals surface area (Å²) in [6, 6.07) is 17.1. The van der Waals surface area contributed by atoms with Crippen LogP contribution in [0.3, 0.4) is 0 Å². The van der Waals surface area contributed by atoms with Gasteiger partial charge in [0.15, 0.2) is 0 Å². The van der Waals surface area contributed by atoms with Crippen LogP contribution in [0.15, 0.2) is 54.6 Å². The molecular weight excluding hydrogens is 283 g/mol. The minimum Gasteiger partial charge on any atom is -0.387 e. The van der Waals surface area contributed by atoms with Gasteiger partial charge in [0.05, 0.1) is 6.10 Å². The maximum Gasteiger partial charge on any atom is 0.123 e. The molecule has 1 nitrogen and oxygen atoms in total. The van der Waals surface area contributed by atoms with E-state index >= 15 is 0 Å². The molecule has 0 aliphatic heterocycles. The van der Waals surface area contributed by atoms with Gasteiger partial charge in [0, 0.05) is 9.58 Å². The van der Waals surface area contributed by atoms with Crippen LogP contribution in [-0.4, -0.2) is 5.11 Å². The first-order valence-electron chi connectivity index (χ1n) is 7.14. The highest BCUT2D eigenvalue weighted by Gasteiger charge is 2.44. The van der Waals surface area contributed by atoms with Gasteiger partial charge in [0.2, 0.25) is 0 Å². The zero-order valence-corrected chi connectivity index (χ0v) is 12.2. The summed E-state index contributed by atoms with van der Waals surface area (Å²) in [7, 11) is 0. The van der Waals surface area contributed by atoms with Gasteiger partial charge >= 0.3 is 0 Å². The molecule has 2 aromatic carbocycles. The standard InChI is InChI=1S/C18H15FOS/c19-13-6-7-16-12(8-13)9-17(21-16)18(20)15-10-14(15)11-4-2-1-3-5-11/h1-9,14-15,18,20H,10H2. The van der Waals surface area contributed by atoms with Gasteiger partial charge in [0.25, 0.3) is 0 Å². The third-order valence-corrected chi connectivity index (χ3v) is 5.45. The largest absolute Gasteiger partial charge is 0.387 e. The number of hydrogen-bond acceptors (Lipinski definition) is 2. The zero-order chi connectivity index (χ0) is 14.4. The third-order valence-electron chi connectivity index (χ3n) is 4.26. The molecule has 1 fully saturated rings. The van der Waals surface area contributed by atoms with E-state index < -0.39 is 6.10 Å². The SMILES string of the molecule is OC(c1cc2cc(F)ccc2s1)C1CC1c1ccccc1. The highest BCUT2D eigenvalue weighted by molar-refractivity contribution is 7.19. The van der Waals surface area contributed by atoms with Gasteiger partial charge in [-0.15, -0.1) is 11.3 Å². The van der Waals surface area contributed by atoms with Crippen molar-refractivity contribution in [2.45, 2.75) is 18.4 Å². The van der Waals surface area contributed by atoms with Crippen LogP contribution in [0.5, 0.6) is 0 Å². The Balaban J connectivity index is 1.58. The molecule has 4 rings (SSSR count). The summed E-state index contributed by atoms with van der Waals surface area (Å²) in [6.45, 7) is 0. The fraction of sp³-hybridized carbons (Fsp3) is 0.222. The molecule has 1 aliphatic rings. The van der Waals surface area contributed by atoms with Gasteiger partial charge < -0.3 is 5.11 Å². The molecule has 106 valence electrons. The first-order valence-corrected chi connectivity index (χ1v) is 7.96. The lowest BCUT2D eigenvalue weighted by molar-refractivity contribution is 0.155. The summed E-state index contributed by atoms with van der Waals surface area (Å²) in [5.74, 6) is 0.503. The summed E-state index contributed by atoms with van der Waals surface area (Å²) >= 11 is 1.56. The van der Waals surface area contributed by atoms with Crippen LogP contribution >= 0.6 is 11.3 Å². The fourth-order valence-electron chi connectivity index (χ4n) is 3.04. The zero-order valence-electron chi connectivity index (χ0n) is 11.4. The molecular formula is C18H15FOS. The van der Waals surface area contributed by atoms with E-state index in [1.54, 1.807) is 17.4 Å². The van der Waals surface area contributed by atoms with Crippen LogP contribution in [0.1, 0.15) is 28.9 Å². The topological polar surface area (TPSA) is 20.2 Å². The number of benzene rings is 2. The van der Waals surface area contributed by atoms with Crippen LogP contribution in [0.25, 0.3) is 10.1 Å². The van der Waals surface area contributed by atoms with Gasteiger partial charge in [-0.1, -0.05) is 30.3 Å². The van der Waals surface area contributed by atoms with Crippen molar-refractivity contribution in [3.05, 3.63) is 70.9 Å². The number of halogens is 1. The van der Waals surface area contributed by atoms with Crippen molar-refractivity contribution >= 4 is 21.4 Å². The molecule has 3 atom stereocenters. The Hall–Kier alpha value is -1.71. The Morgan fingerprint density at radius 2 is 1.90 bits per heavy atom. The Morgan fingerprint density at radius 3 is 2.71 bits per heavy atom. The van der Waals surface area contributed by atoms with Crippen molar-refractivity contribution in [3.8, 4) is 0 Å². The summed E-state index contributed by atoms with van der Waals surface area (Å²) in [4.78, 5) is 0.944. The Labute approximate surface area is 126 Å². The predicted molar refractivity (Wildman–Crippen MR) is 84.0 cm³/mol. The second-order valence-electron chi connectivity index (χ2n) is 5.69. The molecule has 1 saturated carbocycles. The van der Waals surface area contributed by atoms with Crippen LogP contribution in [0.2, 0.25) is 0 Å². The molecule has 3 heteroatoms. The Kier molecular flexibility index (Phi) is 3.05. The van der Waals surface area contributed by atoms with Crippen LogP contribution in [0.4, 0.5) is 4.39 Å². The lowest BCUT2D eigenvalue weighted by atomic mass is 10.1. The molecule has 0 amide bonds. The minimum atomic E-state index is -0.448. The minimum absolute atomic E-state index is 0.227. The maximum atomic E-state index is 13.2. The summed E-state index contributed by atoms with van der Waals surface area (Å²) in [5, 5.41) is 11.5. The van der Waals surface area contributed by atoms with Gasteiger partial charge in [-0.05, 0) is 53.5 Å². The van der Waals surface area contributed by atoms with Crippen molar-refractivity contribution in [1.29, 1.82) is 0 Å². The number of thiophene rings is 1. The normalized spacial score (nSPS) is 22.4. The van der Waals surface area contributed by atoms with E-state index in [1.165, 1.54) is 17.7 Å². The number of fused-ring (bicyclic) bond motifs is 1. The van der Waals surface area contributed by atoms with Crippen LogP contribution < -0.4 is 0 Å². The Bertz CT molecular complexity index is 780. The van der Waals surface area contributed by atoms with Crippen molar-refractivity contribution in [2.75, 3.05) is 0 Å². The monoisotopic (exact) mass is 298 g/mol. The second-order valence-corrected chi connectivity index (χ2v) is 6.81. The molecule has 1 aromatic heterocycles. The summed E-state index contributed by atoms with van der Waals surface area (Å²) in [5.41, 5.74) is 1.30. The molecule has 1 heterocycles. The number of aliphatic hydroxyl groups is 1. The van der Waals surface area contributed by atoms with E-state index in [2.05, 4.69) is 12.1 Å². The molecule has 21 heavy (non-hydrogen) atoms. The van der Waals surface area contributed by atoms with Gasteiger partial charge in [-0.3, -0.25) is 0 Å². The fourth-order valence-corrected chi connectivity index (χ4v) is 4.15.